The zero-order valence-electron chi connectivity index (χ0n) is 15.7. The van der Waals surface area contributed by atoms with Crippen molar-refractivity contribution in [2.24, 2.45) is 0 Å². The second-order valence-corrected chi connectivity index (χ2v) is 7.23. The van der Waals surface area contributed by atoms with E-state index in [1.54, 1.807) is 0 Å². The Bertz CT molecular complexity index is 902. The van der Waals surface area contributed by atoms with Crippen molar-refractivity contribution in [2.75, 3.05) is 13.1 Å². The van der Waals surface area contributed by atoms with Gasteiger partial charge < -0.3 is 9.47 Å². The van der Waals surface area contributed by atoms with E-state index >= 15 is 0 Å². The number of hydrogen-bond acceptors (Lipinski definition) is 2. The summed E-state index contributed by atoms with van der Waals surface area (Å²) < 4.78 is 2.31. The lowest BCUT2D eigenvalue weighted by molar-refractivity contribution is -0.130. The van der Waals surface area contributed by atoms with Gasteiger partial charge in [0, 0.05) is 37.0 Å². The highest BCUT2D eigenvalue weighted by Crippen LogP contribution is 2.29. The van der Waals surface area contributed by atoms with Gasteiger partial charge in [0.15, 0.2) is 0 Å². The van der Waals surface area contributed by atoms with Gasteiger partial charge in [0.1, 0.15) is 5.82 Å². The number of aryl methyl sites for hydroxylation is 2. The molecule has 2 heterocycles. The first-order valence-electron chi connectivity index (χ1n) is 9.63. The molecule has 4 heteroatoms. The van der Waals surface area contributed by atoms with Crippen LogP contribution in [-0.4, -0.2) is 33.4 Å². The Balaban J connectivity index is 1.44. The molecule has 1 atom stereocenters. The van der Waals surface area contributed by atoms with Crippen molar-refractivity contribution >= 4 is 5.91 Å². The Labute approximate surface area is 160 Å². The van der Waals surface area contributed by atoms with E-state index in [1.807, 2.05) is 47.5 Å². The molecule has 0 spiro atoms. The fraction of sp³-hybridized carbons (Fsp3) is 0.304. The average Bonchev–Trinajstić information content (AvgIpc) is 3.34. The summed E-state index contributed by atoms with van der Waals surface area (Å²) >= 11 is 0. The Morgan fingerprint density at radius 3 is 2.52 bits per heavy atom. The first kappa shape index (κ1) is 17.5. The number of imidazole rings is 1. The van der Waals surface area contributed by atoms with Gasteiger partial charge in [-0.15, -0.1) is 0 Å². The van der Waals surface area contributed by atoms with Gasteiger partial charge in [-0.1, -0.05) is 60.7 Å². The summed E-state index contributed by atoms with van der Waals surface area (Å²) in [4.78, 5) is 19.3. The van der Waals surface area contributed by atoms with Crippen LogP contribution in [0.1, 0.15) is 30.1 Å². The van der Waals surface area contributed by atoms with Crippen molar-refractivity contribution in [1.29, 1.82) is 0 Å². The standard InChI is InChI=1S/C23H25N3O/c1-18-16-24-23(20-10-6-3-7-11-20)26(18)21-14-15-25(17-21)22(27)13-12-19-8-4-2-5-9-19/h2-11,16,21H,12-15,17H2,1H3. The quantitative estimate of drug-likeness (QED) is 0.682. The highest BCUT2D eigenvalue weighted by molar-refractivity contribution is 5.76. The molecule has 1 aliphatic rings. The first-order chi connectivity index (χ1) is 13.2. The van der Waals surface area contributed by atoms with Gasteiger partial charge in [0.2, 0.25) is 5.91 Å². The van der Waals surface area contributed by atoms with Crippen LogP contribution < -0.4 is 0 Å². The molecule has 0 bridgehead atoms. The van der Waals surface area contributed by atoms with Crippen molar-refractivity contribution < 1.29 is 4.79 Å². The summed E-state index contributed by atoms with van der Waals surface area (Å²) in [6.07, 6.45) is 4.29. The van der Waals surface area contributed by atoms with Crippen molar-refractivity contribution in [3.8, 4) is 11.4 Å². The van der Waals surface area contributed by atoms with Crippen LogP contribution in [0.5, 0.6) is 0 Å². The van der Waals surface area contributed by atoms with Gasteiger partial charge in [-0.2, -0.15) is 0 Å². The molecule has 27 heavy (non-hydrogen) atoms. The molecule has 4 rings (SSSR count). The highest BCUT2D eigenvalue weighted by Gasteiger charge is 2.29. The molecule has 4 nitrogen and oxygen atoms in total. The molecule has 138 valence electrons. The molecule has 0 radical (unpaired) electrons. The van der Waals surface area contributed by atoms with Gasteiger partial charge in [0.25, 0.3) is 0 Å². The van der Waals surface area contributed by atoms with Crippen LogP contribution in [-0.2, 0) is 11.2 Å². The maximum Gasteiger partial charge on any atom is 0.222 e. The molecule has 0 saturated carbocycles. The lowest BCUT2D eigenvalue weighted by atomic mass is 10.1. The van der Waals surface area contributed by atoms with E-state index in [-0.39, 0.29) is 5.91 Å². The zero-order valence-corrected chi connectivity index (χ0v) is 15.7. The molecule has 0 aliphatic carbocycles. The summed E-state index contributed by atoms with van der Waals surface area (Å²) in [5.41, 5.74) is 3.50. The monoisotopic (exact) mass is 359 g/mol. The van der Waals surface area contributed by atoms with E-state index in [1.165, 1.54) is 5.56 Å². The van der Waals surface area contributed by atoms with Crippen LogP contribution in [0.25, 0.3) is 11.4 Å². The van der Waals surface area contributed by atoms with E-state index in [2.05, 4.69) is 40.7 Å². The maximum absolute atomic E-state index is 12.7. The minimum absolute atomic E-state index is 0.250. The molecule has 1 saturated heterocycles. The van der Waals surface area contributed by atoms with Crippen molar-refractivity contribution in [3.05, 3.63) is 78.1 Å². The number of carbonyl (C=O) groups excluding carboxylic acids is 1. The minimum Gasteiger partial charge on any atom is -0.341 e. The Kier molecular flexibility index (Phi) is 5.05. The summed E-state index contributed by atoms with van der Waals surface area (Å²) in [5, 5.41) is 0. The van der Waals surface area contributed by atoms with Crippen molar-refractivity contribution in [2.45, 2.75) is 32.2 Å². The third-order valence-corrected chi connectivity index (χ3v) is 5.37. The largest absolute Gasteiger partial charge is 0.341 e. The third kappa shape index (κ3) is 3.80. The Hall–Kier alpha value is -2.88. The fourth-order valence-electron chi connectivity index (χ4n) is 3.94. The van der Waals surface area contributed by atoms with Crippen LogP contribution in [0.4, 0.5) is 0 Å². The lowest BCUT2D eigenvalue weighted by Crippen LogP contribution is -2.29. The second-order valence-electron chi connectivity index (χ2n) is 7.23. The number of hydrogen-bond donors (Lipinski definition) is 0. The van der Waals surface area contributed by atoms with Crippen molar-refractivity contribution in [3.63, 3.8) is 0 Å². The molecule has 1 unspecified atom stereocenters. The molecule has 1 aliphatic heterocycles. The van der Waals surface area contributed by atoms with Crippen LogP contribution >= 0.6 is 0 Å². The molecule has 1 amide bonds. The molecule has 1 fully saturated rings. The number of rotatable bonds is 5. The highest BCUT2D eigenvalue weighted by atomic mass is 16.2. The Morgan fingerprint density at radius 2 is 1.78 bits per heavy atom. The van der Waals surface area contributed by atoms with Crippen LogP contribution in [0, 0.1) is 6.92 Å². The van der Waals surface area contributed by atoms with Gasteiger partial charge >= 0.3 is 0 Å². The Morgan fingerprint density at radius 1 is 1.07 bits per heavy atom. The molecule has 3 aromatic rings. The van der Waals surface area contributed by atoms with Gasteiger partial charge in [-0.05, 0) is 25.3 Å². The number of likely N-dealkylation sites (tertiary alicyclic amines) is 1. The summed E-state index contributed by atoms with van der Waals surface area (Å²) in [6, 6.07) is 20.8. The number of aromatic nitrogens is 2. The van der Waals surface area contributed by atoms with E-state index < -0.39 is 0 Å². The lowest BCUT2D eigenvalue weighted by Gasteiger charge is -2.20. The fourth-order valence-corrected chi connectivity index (χ4v) is 3.94. The second kappa shape index (κ2) is 7.78. The van der Waals surface area contributed by atoms with E-state index in [9.17, 15) is 4.79 Å². The predicted octanol–water partition coefficient (Wildman–Crippen LogP) is 4.26. The van der Waals surface area contributed by atoms with E-state index in [4.69, 9.17) is 0 Å². The maximum atomic E-state index is 12.7. The minimum atomic E-state index is 0.250. The van der Waals surface area contributed by atoms with Gasteiger partial charge in [-0.25, -0.2) is 4.98 Å². The van der Waals surface area contributed by atoms with Gasteiger partial charge in [0.05, 0.1) is 6.04 Å². The molecule has 2 aromatic carbocycles. The summed E-state index contributed by atoms with van der Waals surface area (Å²) in [6.45, 7) is 3.69. The average molecular weight is 359 g/mol. The predicted molar refractivity (Wildman–Crippen MR) is 107 cm³/mol. The van der Waals surface area contributed by atoms with E-state index in [0.717, 1.165) is 43.0 Å². The topological polar surface area (TPSA) is 38.1 Å². The summed E-state index contributed by atoms with van der Waals surface area (Å²) in [5.74, 6) is 1.25. The number of nitrogens with zero attached hydrogens (tertiary/aromatic N) is 3. The van der Waals surface area contributed by atoms with E-state index in [0.29, 0.717) is 12.5 Å². The summed E-state index contributed by atoms with van der Waals surface area (Å²) in [7, 11) is 0. The molecular weight excluding hydrogens is 334 g/mol. The molecule has 0 N–H and O–H groups in total. The molecular formula is C23H25N3O. The smallest absolute Gasteiger partial charge is 0.222 e. The van der Waals surface area contributed by atoms with Crippen LogP contribution in [0.3, 0.4) is 0 Å². The first-order valence-corrected chi connectivity index (χ1v) is 9.63. The molecule has 1 aromatic heterocycles. The van der Waals surface area contributed by atoms with Gasteiger partial charge in [-0.3, -0.25) is 4.79 Å². The zero-order chi connectivity index (χ0) is 18.6. The SMILES string of the molecule is Cc1cnc(-c2ccccc2)n1C1CCN(C(=O)CCc2ccccc2)C1. The number of amides is 1. The van der Waals surface area contributed by atoms with Crippen LogP contribution in [0.2, 0.25) is 0 Å². The van der Waals surface area contributed by atoms with Crippen LogP contribution in [0.15, 0.2) is 66.9 Å². The third-order valence-electron chi connectivity index (χ3n) is 5.37. The van der Waals surface area contributed by atoms with Crippen molar-refractivity contribution in [1.82, 2.24) is 14.5 Å². The number of benzene rings is 2. The number of carbonyl (C=O) groups is 1. The normalized spacial score (nSPS) is 16.6.